The molecule has 0 saturated carbocycles. The lowest BCUT2D eigenvalue weighted by Gasteiger charge is -2.22. The first-order valence-corrected chi connectivity index (χ1v) is 34.4. The van der Waals surface area contributed by atoms with Gasteiger partial charge in [0.1, 0.15) is 0 Å². The molecule has 3 N–H and O–H groups in total. The molecular weight excluding hydrogens is 923 g/mol. The molecule has 446 valence electrons. The lowest BCUT2D eigenvalue weighted by Crippen LogP contribution is -2.45. The average molecular weight is 1060 g/mol. The predicted octanol–water partition coefficient (Wildman–Crippen LogP) is 22.0. The quantitative estimate of drug-likeness (QED) is 0.0320. The second-order valence-corrected chi connectivity index (χ2v) is 23.9. The first-order valence-electron chi connectivity index (χ1n) is 34.4. The summed E-state index contributed by atoms with van der Waals surface area (Å²) in [5.41, 5.74) is 0. The van der Waals surface area contributed by atoms with Crippen LogP contribution in [0.2, 0.25) is 0 Å². The number of hydrogen-bond donors (Lipinski definition) is 3. The summed E-state index contributed by atoms with van der Waals surface area (Å²) in [7, 11) is 0. The van der Waals surface area contributed by atoms with Crippen molar-refractivity contribution in [3.63, 3.8) is 0 Å². The molecule has 6 heteroatoms. The minimum absolute atomic E-state index is 0.0180. The number of unbranched alkanes of at least 4 members (excludes halogenated alkanes) is 52. The first-order chi connectivity index (χ1) is 37.0. The minimum Gasteiger partial charge on any atom is -0.466 e. The summed E-state index contributed by atoms with van der Waals surface area (Å²) in [5, 5.41) is 23.2. The van der Waals surface area contributed by atoms with Crippen LogP contribution >= 0.6 is 0 Å². The number of amides is 1. The smallest absolute Gasteiger partial charge is 0.305 e. The first kappa shape index (κ1) is 73.6. The Balaban J connectivity index is 3.29. The van der Waals surface area contributed by atoms with Gasteiger partial charge >= 0.3 is 5.97 Å². The van der Waals surface area contributed by atoms with E-state index in [0.29, 0.717) is 25.9 Å². The van der Waals surface area contributed by atoms with Gasteiger partial charge in [0.25, 0.3) is 0 Å². The van der Waals surface area contributed by atoms with Gasteiger partial charge in [0.05, 0.1) is 25.4 Å². The maximum atomic E-state index is 12.4. The third-order valence-corrected chi connectivity index (χ3v) is 16.3. The van der Waals surface area contributed by atoms with Crippen molar-refractivity contribution in [3.05, 3.63) is 12.2 Å². The third kappa shape index (κ3) is 61.7. The summed E-state index contributed by atoms with van der Waals surface area (Å²) in [4.78, 5) is 24.5. The Hall–Kier alpha value is -1.40. The fraction of sp³-hybridized carbons (Fsp3) is 0.942. The van der Waals surface area contributed by atoms with Gasteiger partial charge in [-0.25, -0.2) is 0 Å². The predicted molar refractivity (Wildman–Crippen MR) is 329 cm³/mol. The van der Waals surface area contributed by atoms with Gasteiger partial charge in [0, 0.05) is 12.8 Å². The molecule has 0 bridgehead atoms. The maximum Gasteiger partial charge on any atom is 0.305 e. The highest BCUT2D eigenvalue weighted by molar-refractivity contribution is 5.76. The van der Waals surface area contributed by atoms with E-state index in [2.05, 4.69) is 31.3 Å². The molecule has 2 unspecified atom stereocenters. The van der Waals surface area contributed by atoms with E-state index in [1.807, 2.05) is 0 Å². The standard InChI is InChI=1S/C69H135NO5/c1-3-5-7-9-11-13-15-16-17-18-34-37-40-43-47-51-55-59-63-69(74)75-64-60-56-52-48-44-41-38-35-32-30-28-26-24-22-20-19-21-23-25-27-29-31-33-36-39-42-46-50-54-58-62-68(73)70-66(65-71)67(72)61-57-53-49-45-14-12-10-8-6-4-2/h17-18,66-67,71-72H,3-16,19-65H2,1-2H3,(H,70,73)/b18-17-. The van der Waals surface area contributed by atoms with Crippen LogP contribution in [-0.2, 0) is 14.3 Å². The van der Waals surface area contributed by atoms with Crippen LogP contribution < -0.4 is 5.32 Å². The molecular formula is C69H135NO5. The molecule has 0 radical (unpaired) electrons. The summed E-state index contributed by atoms with van der Waals surface area (Å²) in [6.07, 6.45) is 79.8. The van der Waals surface area contributed by atoms with Crippen LogP contribution in [0.25, 0.3) is 0 Å². The number of hydrogen-bond acceptors (Lipinski definition) is 5. The average Bonchev–Trinajstić information content (AvgIpc) is 3.41. The number of nitrogens with one attached hydrogen (secondary N) is 1. The molecule has 75 heavy (non-hydrogen) atoms. The summed E-state index contributed by atoms with van der Waals surface area (Å²) in [6, 6.07) is -0.536. The second-order valence-electron chi connectivity index (χ2n) is 23.9. The van der Waals surface area contributed by atoms with Gasteiger partial charge in [-0.15, -0.1) is 0 Å². The topological polar surface area (TPSA) is 95.9 Å². The summed E-state index contributed by atoms with van der Waals surface area (Å²) < 4.78 is 5.51. The van der Waals surface area contributed by atoms with Crippen LogP contribution in [0.15, 0.2) is 12.2 Å². The molecule has 0 heterocycles. The molecule has 1 amide bonds. The van der Waals surface area contributed by atoms with Gasteiger partial charge in [-0.05, 0) is 51.4 Å². The zero-order chi connectivity index (χ0) is 54.3. The lowest BCUT2D eigenvalue weighted by atomic mass is 10.0. The van der Waals surface area contributed by atoms with E-state index in [4.69, 9.17) is 4.74 Å². The van der Waals surface area contributed by atoms with E-state index >= 15 is 0 Å². The Bertz CT molecular complexity index is 1130. The Morgan fingerprint density at radius 3 is 0.947 bits per heavy atom. The highest BCUT2D eigenvalue weighted by Gasteiger charge is 2.20. The SMILES string of the molecule is CCCCCCCCC/C=C\CCCCCCCCCC(=O)OCCCCCCCCCCCCCCCCCCCCCCCCCCCCCCCCC(=O)NC(CO)C(O)CCCCCCCCCCCC. The van der Waals surface area contributed by atoms with Crippen molar-refractivity contribution in [3.8, 4) is 0 Å². The van der Waals surface area contributed by atoms with Crippen LogP contribution in [0.3, 0.4) is 0 Å². The van der Waals surface area contributed by atoms with Crippen LogP contribution in [0.5, 0.6) is 0 Å². The normalized spacial score (nSPS) is 12.5. The fourth-order valence-electron chi connectivity index (χ4n) is 11.1. The molecule has 0 aliphatic heterocycles. The minimum atomic E-state index is -0.659. The molecule has 2 atom stereocenters. The number of aliphatic hydroxyl groups excluding tert-OH is 2. The third-order valence-electron chi connectivity index (χ3n) is 16.3. The molecule has 6 nitrogen and oxygen atoms in total. The van der Waals surface area contributed by atoms with Crippen molar-refractivity contribution in [2.24, 2.45) is 0 Å². The second kappa shape index (κ2) is 65.1. The molecule has 0 saturated heterocycles. The van der Waals surface area contributed by atoms with Crippen molar-refractivity contribution in [1.82, 2.24) is 5.32 Å². The van der Waals surface area contributed by atoms with E-state index in [-0.39, 0.29) is 18.5 Å². The van der Waals surface area contributed by atoms with Gasteiger partial charge in [-0.3, -0.25) is 9.59 Å². The molecule has 0 spiro atoms. The van der Waals surface area contributed by atoms with Crippen molar-refractivity contribution < 1.29 is 24.5 Å². The number of rotatable bonds is 65. The highest BCUT2D eigenvalue weighted by Crippen LogP contribution is 2.19. The number of esters is 1. The van der Waals surface area contributed by atoms with Crippen LogP contribution in [-0.4, -0.2) is 47.4 Å². The highest BCUT2D eigenvalue weighted by atomic mass is 16.5. The number of carbonyl (C=O) groups excluding carboxylic acids is 2. The molecule has 0 aromatic carbocycles. The van der Waals surface area contributed by atoms with E-state index in [1.54, 1.807) is 0 Å². The van der Waals surface area contributed by atoms with Gasteiger partial charge < -0.3 is 20.3 Å². The number of allylic oxidation sites excluding steroid dienone is 2. The summed E-state index contributed by atoms with van der Waals surface area (Å²) >= 11 is 0. The van der Waals surface area contributed by atoms with E-state index in [0.717, 1.165) is 44.9 Å². The Morgan fingerprint density at radius 1 is 0.360 bits per heavy atom. The maximum absolute atomic E-state index is 12.4. The van der Waals surface area contributed by atoms with Gasteiger partial charge in [0.2, 0.25) is 5.91 Å². The van der Waals surface area contributed by atoms with E-state index in [1.165, 1.54) is 315 Å². The summed E-state index contributed by atoms with van der Waals surface area (Å²) in [5.74, 6) is -0.0127. The fourth-order valence-corrected chi connectivity index (χ4v) is 11.1. The molecule has 0 aliphatic rings. The van der Waals surface area contributed by atoms with Crippen molar-refractivity contribution >= 4 is 11.9 Å². The van der Waals surface area contributed by atoms with Crippen LogP contribution in [0.4, 0.5) is 0 Å². The largest absolute Gasteiger partial charge is 0.466 e. The van der Waals surface area contributed by atoms with Crippen LogP contribution in [0.1, 0.15) is 393 Å². The molecule has 0 rings (SSSR count). The Kier molecular flexibility index (Phi) is 63.9. The number of carbonyl (C=O) groups is 2. The Morgan fingerprint density at radius 2 is 0.627 bits per heavy atom. The molecule has 0 fully saturated rings. The van der Waals surface area contributed by atoms with Crippen LogP contribution in [0, 0.1) is 0 Å². The van der Waals surface area contributed by atoms with E-state index in [9.17, 15) is 19.8 Å². The van der Waals surface area contributed by atoms with E-state index < -0.39 is 12.1 Å². The lowest BCUT2D eigenvalue weighted by molar-refractivity contribution is -0.143. The Labute approximate surface area is 469 Å². The summed E-state index contributed by atoms with van der Waals surface area (Å²) in [6.45, 7) is 4.97. The molecule has 0 aromatic rings. The monoisotopic (exact) mass is 1060 g/mol. The zero-order valence-electron chi connectivity index (χ0n) is 51.1. The van der Waals surface area contributed by atoms with Gasteiger partial charge in [-0.2, -0.15) is 0 Å². The number of aliphatic hydroxyl groups is 2. The van der Waals surface area contributed by atoms with Crippen molar-refractivity contribution in [2.75, 3.05) is 13.2 Å². The van der Waals surface area contributed by atoms with Gasteiger partial charge in [-0.1, -0.05) is 341 Å². The van der Waals surface area contributed by atoms with Gasteiger partial charge in [0.15, 0.2) is 0 Å². The van der Waals surface area contributed by atoms with Crippen molar-refractivity contribution in [1.29, 1.82) is 0 Å². The zero-order valence-corrected chi connectivity index (χ0v) is 51.1. The van der Waals surface area contributed by atoms with Crippen molar-refractivity contribution in [2.45, 2.75) is 405 Å². The molecule has 0 aromatic heterocycles. The molecule has 0 aliphatic carbocycles. The number of ether oxygens (including phenoxy) is 1.